The summed E-state index contributed by atoms with van der Waals surface area (Å²) in [7, 11) is 0. The molecule has 0 spiro atoms. The van der Waals surface area contributed by atoms with Crippen LogP contribution < -0.4 is 0 Å². The van der Waals surface area contributed by atoms with E-state index in [1.54, 1.807) is 0 Å². The highest BCUT2D eigenvalue weighted by atomic mass is 16.7. The highest BCUT2D eigenvalue weighted by Gasteiger charge is 2.31. The monoisotopic (exact) mass is 234 g/mol. The van der Waals surface area contributed by atoms with Crippen molar-refractivity contribution in [2.24, 2.45) is 5.92 Å². The number of hydrogen-bond donors (Lipinski definition) is 1. The van der Waals surface area contributed by atoms with Gasteiger partial charge in [0.15, 0.2) is 6.29 Å². The molecule has 3 unspecified atom stereocenters. The zero-order chi connectivity index (χ0) is 12.1. The molecule has 1 heterocycles. The lowest BCUT2D eigenvalue weighted by Crippen LogP contribution is -2.38. The van der Waals surface area contributed by atoms with Gasteiger partial charge in [0, 0.05) is 11.5 Å². The second-order valence-electron chi connectivity index (χ2n) is 4.22. The SMILES string of the molecule is C=CCC1COC(c2ccccc2)OC1CO. The molecule has 0 radical (unpaired) electrons. The van der Waals surface area contributed by atoms with Gasteiger partial charge < -0.3 is 14.6 Å². The van der Waals surface area contributed by atoms with Crippen LogP contribution in [0.1, 0.15) is 18.3 Å². The van der Waals surface area contributed by atoms with Crippen molar-refractivity contribution in [1.29, 1.82) is 0 Å². The number of aliphatic hydroxyl groups is 1. The first-order chi connectivity index (χ1) is 8.35. The van der Waals surface area contributed by atoms with Crippen LogP contribution in [0.5, 0.6) is 0 Å². The Morgan fingerprint density at radius 3 is 2.76 bits per heavy atom. The lowest BCUT2D eigenvalue weighted by molar-refractivity contribution is -0.247. The lowest BCUT2D eigenvalue weighted by atomic mass is 9.98. The minimum absolute atomic E-state index is 0.0190. The molecule has 92 valence electrons. The molecule has 0 saturated carbocycles. The summed E-state index contributed by atoms with van der Waals surface area (Å²) in [4.78, 5) is 0. The van der Waals surface area contributed by atoms with Gasteiger partial charge in [0.1, 0.15) is 0 Å². The smallest absolute Gasteiger partial charge is 0.184 e. The van der Waals surface area contributed by atoms with Gasteiger partial charge in [0.2, 0.25) is 0 Å². The molecule has 3 heteroatoms. The van der Waals surface area contributed by atoms with Gasteiger partial charge in [0.25, 0.3) is 0 Å². The topological polar surface area (TPSA) is 38.7 Å². The van der Waals surface area contributed by atoms with E-state index >= 15 is 0 Å². The summed E-state index contributed by atoms with van der Waals surface area (Å²) >= 11 is 0. The minimum atomic E-state index is -0.366. The van der Waals surface area contributed by atoms with E-state index in [9.17, 15) is 5.11 Å². The fourth-order valence-electron chi connectivity index (χ4n) is 2.04. The lowest BCUT2D eigenvalue weighted by Gasteiger charge is -2.35. The van der Waals surface area contributed by atoms with Gasteiger partial charge in [-0.2, -0.15) is 0 Å². The molecule has 1 fully saturated rings. The Bertz CT molecular complexity index is 350. The molecule has 1 aliphatic heterocycles. The van der Waals surface area contributed by atoms with Gasteiger partial charge in [0.05, 0.1) is 19.3 Å². The number of ether oxygens (including phenoxy) is 2. The van der Waals surface area contributed by atoms with Crippen molar-refractivity contribution >= 4 is 0 Å². The standard InChI is InChI=1S/C14H18O3/c1-2-6-12-10-16-14(17-13(12)9-15)11-7-4-3-5-8-11/h2-5,7-8,12-15H,1,6,9-10H2. The first-order valence-corrected chi connectivity index (χ1v) is 5.89. The van der Waals surface area contributed by atoms with E-state index in [1.807, 2.05) is 36.4 Å². The molecule has 1 aliphatic rings. The van der Waals surface area contributed by atoms with Crippen molar-refractivity contribution in [3.8, 4) is 0 Å². The fraction of sp³-hybridized carbons (Fsp3) is 0.429. The van der Waals surface area contributed by atoms with E-state index in [1.165, 1.54) is 0 Å². The van der Waals surface area contributed by atoms with Crippen molar-refractivity contribution < 1.29 is 14.6 Å². The Balaban J connectivity index is 2.03. The Morgan fingerprint density at radius 2 is 2.12 bits per heavy atom. The number of hydrogen-bond acceptors (Lipinski definition) is 3. The van der Waals surface area contributed by atoms with Gasteiger partial charge in [-0.3, -0.25) is 0 Å². The summed E-state index contributed by atoms with van der Waals surface area (Å²) in [5.41, 5.74) is 0.989. The molecule has 0 amide bonds. The number of benzene rings is 1. The highest BCUT2D eigenvalue weighted by molar-refractivity contribution is 5.16. The molecule has 1 saturated heterocycles. The van der Waals surface area contributed by atoms with Crippen molar-refractivity contribution in [1.82, 2.24) is 0 Å². The van der Waals surface area contributed by atoms with Gasteiger partial charge in [-0.05, 0) is 6.42 Å². The van der Waals surface area contributed by atoms with Crippen LogP contribution in [0.2, 0.25) is 0 Å². The van der Waals surface area contributed by atoms with E-state index in [-0.39, 0.29) is 24.9 Å². The third kappa shape index (κ3) is 2.94. The first-order valence-electron chi connectivity index (χ1n) is 5.89. The van der Waals surface area contributed by atoms with E-state index in [0.717, 1.165) is 12.0 Å². The van der Waals surface area contributed by atoms with Gasteiger partial charge >= 0.3 is 0 Å². The summed E-state index contributed by atoms with van der Waals surface area (Å²) in [6.45, 7) is 4.32. The largest absolute Gasteiger partial charge is 0.394 e. The molecule has 0 aliphatic carbocycles. The van der Waals surface area contributed by atoms with Crippen LogP contribution in [-0.4, -0.2) is 24.4 Å². The first kappa shape index (κ1) is 12.3. The maximum absolute atomic E-state index is 9.34. The summed E-state index contributed by atoms with van der Waals surface area (Å²) in [5.74, 6) is 0.192. The van der Waals surface area contributed by atoms with Crippen LogP contribution in [0.15, 0.2) is 43.0 Å². The predicted molar refractivity (Wildman–Crippen MR) is 65.4 cm³/mol. The zero-order valence-corrected chi connectivity index (χ0v) is 9.79. The highest BCUT2D eigenvalue weighted by Crippen LogP contribution is 2.30. The Labute approximate surface area is 102 Å². The second kappa shape index (κ2) is 5.96. The second-order valence-corrected chi connectivity index (χ2v) is 4.22. The number of allylic oxidation sites excluding steroid dienone is 1. The Hall–Kier alpha value is -1.16. The predicted octanol–water partition coefficient (Wildman–Crippen LogP) is 2.29. The number of rotatable bonds is 4. The van der Waals surface area contributed by atoms with E-state index in [2.05, 4.69) is 6.58 Å². The van der Waals surface area contributed by atoms with Crippen molar-refractivity contribution in [2.45, 2.75) is 18.8 Å². The molecule has 0 bridgehead atoms. The Kier molecular flexibility index (Phi) is 4.31. The van der Waals surface area contributed by atoms with Crippen LogP contribution in [-0.2, 0) is 9.47 Å². The van der Waals surface area contributed by atoms with Crippen LogP contribution in [0.4, 0.5) is 0 Å². The average Bonchev–Trinajstić information content (AvgIpc) is 2.40. The Morgan fingerprint density at radius 1 is 1.35 bits per heavy atom. The van der Waals surface area contributed by atoms with Crippen molar-refractivity contribution in [3.05, 3.63) is 48.6 Å². The van der Waals surface area contributed by atoms with Gasteiger partial charge in [-0.25, -0.2) is 0 Å². The summed E-state index contributed by atoms with van der Waals surface area (Å²) in [6, 6.07) is 9.79. The van der Waals surface area contributed by atoms with Crippen LogP contribution in [0.25, 0.3) is 0 Å². The summed E-state index contributed by atoms with van der Waals surface area (Å²) in [5, 5.41) is 9.34. The van der Waals surface area contributed by atoms with Gasteiger partial charge in [-0.1, -0.05) is 36.4 Å². The van der Waals surface area contributed by atoms with E-state index < -0.39 is 0 Å². The third-order valence-corrected chi connectivity index (χ3v) is 3.01. The van der Waals surface area contributed by atoms with Crippen LogP contribution in [0.3, 0.4) is 0 Å². The molecule has 3 atom stereocenters. The third-order valence-electron chi connectivity index (χ3n) is 3.01. The molecule has 1 aromatic carbocycles. The minimum Gasteiger partial charge on any atom is -0.394 e. The maximum Gasteiger partial charge on any atom is 0.184 e. The van der Waals surface area contributed by atoms with Crippen LogP contribution in [0, 0.1) is 5.92 Å². The molecule has 1 N–H and O–H groups in total. The molecular weight excluding hydrogens is 216 g/mol. The summed E-state index contributed by atoms with van der Waals surface area (Å²) in [6.07, 6.45) is 2.09. The maximum atomic E-state index is 9.34. The van der Waals surface area contributed by atoms with Crippen LogP contribution >= 0.6 is 0 Å². The normalized spacial score (nSPS) is 28.9. The molecular formula is C14H18O3. The molecule has 0 aromatic heterocycles. The summed E-state index contributed by atoms with van der Waals surface area (Å²) < 4.78 is 11.4. The fourth-order valence-corrected chi connectivity index (χ4v) is 2.04. The quantitative estimate of drug-likeness (QED) is 0.812. The van der Waals surface area contributed by atoms with E-state index in [4.69, 9.17) is 9.47 Å². The molecule has 2 rings (SSSR count). The van der Waals surface area contributed by atoms with Gasteiger partial charge in [-0.15, -0.1) is 6.58 Å². The average molecular weight is 234 g/mol. The molecule has 1 aromatic rings. The molecule has 3 nitrogen and oxygen atoms in total. The van der Waals surface area contributed by atoms with E-state index in [0.29, 0.717) is 6.61 Å². The zero-order valence-electron chi connectivity index (χ0n) is 9.79. The number of aliphatic hydroxyl groups excluding tert-OH is 1. The van der Waals surface area contributed by atoms with Crippen molar-refractivity contribution in [3.63, 3.8) is 0 Å². The van der Waals surface area contributed by atoms with Crippen molar-refractivity contribution in [2.75, 3.05) is 13.2 Å². The molecule has 17 heavy (non-hydrogen) atoms.